The minimum Gasteiger partial charge on any atom is -0.378 e. The van der Waals surface area contributed by atoms with E-state index in [1.807, 2.05) is 0 Å². The Bertz CT molecular complexity index is 860. The lowest BCUT2D eigenvalue weighted by atomic mass is 10.3. The van der Waals surface area contributed by atoms with E-state index in [0.717, 1.165) is 14.6 Å². The predicted molar refractivity (Wildman–Crippen MR) is 101 cm³/mol. The first-order chi connectivity index (χ1) is 12.0. The molecule has 136 valence electrons. The van der Waals surface area contributed by atoms with E-state index >= 15 is 0 Å². The molecule has 0 aliphatic carbocycles. The number of thioether (sulfide) groups is 1. The van der Waals surface area contributed by atoms with Crippen molar-refractivity contribution in [1.82, 2.24) is 9.88 Å². The normalized spacial score (nSPS) is 15.5. The van der Waals surface area contributed by atoms with Crippen molar-refractivity contribution >= 4 is 54.9 Å². The Balaban J connectivity index is 1.65. The highest BCUT2D eigenvalue weighted by molar-refractivity contribution is 8.01. The maximum absolute atomic E-state index is 12.2. The van der Waals surface area contributed by atoms with Gasteiger partial charge in [-0.05, 0) is 25.1 Å². The first-order valence-electron chi connectivity index (χ1n) is 7.86. The summed E-state index contributed by atoms with van der Waals surface area (Å²) in [6.45, 7) is 4.05. The fourth-order valence-corrected chi connectivity index (χ4v) is 4.95. The van der Waals surface area contributed by atoms with Crippen LogP contribution < -0.4 is 4.72 Å². The van der Waals surface area contributed by atoms with E-state index in [4.69, 9.17) is 4.74 Å². The summed E-state index contributed by atoms with van der Waals surface area (Å²) in [7, 11) is -3.30. The van der Waals surface area contributed by atoms with Crippen molar-refractivity contribution in [2.75, 3.05) is 42.5 Å². The van der Waals surface area contributed by atoms with Crippen LogP contribution in [0.5, 0.6) is 0 Å². The average Bonchev–Trinajstić information content (AvgIpc) is 3.02. The Kier molecular flexibility index (Phi) is 5.82. The minimum absolute atomic E-state index is 0.0263. The molecule has 1 aromatic heterocycles. The van der Waals surface area contributed by atoms with Gasteiger partial charge in [-0.25, -0.2) is 13.4 Å². The zero-order chi connectivity index (χ0) is 17.9. The van der Waals surface area contributed by atoms with Gasteiger partial charge in [-0.1, -0.05) is 11.8 Å². The fraction of sp³-hybridized carbons (Fsp3) is 0.467. The van der Waals surface area contributed by atoms with Crippen molar-refractivity contribution in [2.45, 2.75) is 11.3 Å². The van der Waals surface area contributed by atoms with Gasteiger partial charge in [0.1, 0.15) is 0 Å². The number of rotatable bonds is 6. The first-order valence-corrected chi connectivity index (χ1v) is 11.3. The van der Waals surface area contributed by atoms with Gasteiger partial charge in [0, 0.05) is 13.1 Å². The molecule has 0 radical (unpaired) electrons. The van der Waals surface area contributed by atoms with Gasteiger partial charge in [-0.3, -0.25) is 9.52 Å². The molecule has 0 saturated carbocycles. The van der Waals surface area contributed by atoms with Crippen LogP contribution in [-0.4, -0.2) is 62.0 Å². The number of ether oxygens (including phenoxy) is 1. The summed E-state index contributed by atoms with van der Waals surface area (Å²) in [6.07, 6.45) is 0. The van der Waals surface area contributed by atoms with Crippen molar-refractivity contribution in [3.8, 4) is 0 Å². The van der Waals surface area contributed by atoms with Crippen LogP contribution in [0.3, 0.4) is 0 Å². The average molecular weight is 402 g/mol. The van der Waals surface area contributed by atoms with E-state index in [-0.39, 0.29) is 11.7 Å². The van der Waals surface area contributed by atoms with Crippen molar-refractivity contribution in [3.63, 3.8) is 0 Å². The van der Waals surface area contributed by atoms with Crippen LogP contribution in [-0.2, 0) is 19.6 Å². The molecule has 1 saturated heterocycles. The van der Waals surface area contributed by atoms with Crippen LogP contribution >= 0.6 is 23.1 Å². The summed E-state index contributed by atoms with van der Waals surface area (Å²) < 4.78 is 32.8. The van der Waals surface area contributed by atoms with Crippen LogP contribution in [0.25, 0.3) is 10.2 Å². The van der Waals surface area contributed by atoms with Gasteiger partial charge >= 0.3 is 0 Å². The fourth-order valence-electron chi connectivity index (χ4n) is 2.31. The monoisotopic (exact) mass is 401 g/mol. The molecule has 0 unspecified atom stereocenters. The summed E-state index contributed by atoms with van der Waals surface area (Å²) in [4.78, 5) is 18.5. The third-order valence-corrected chi connectivity index (χ3v) is 7.16. The highest BCUT2D eigenvalue weighted by Gasteiger charge is 2.17. The number of nitrogens with zero attached hydrogens (tertiary/aromatic N) is 2. The van der Waals surface area contributed by atoms with Gasteiger partial charge < -0.3 is 9.64 Å². The maximum Gasteiger partial charge on any atom is 0.233 e. The Labute approximate surface area is 154 Å². The van der Waals surface area contributed by atoms with E-state index in [1.54, 1.807) is 30.0 Å². The quantitative estimate of drug-likeness (QED) is 0.745. The van der Waals surface area contributed by atoms with E-state index in [9.17, 15) is 13.2 Å². The summed E-state index contributed by atoms with van der Waals surface area (Å²) in [6, 6.07) is 5.25. The second-order valence-electron chi connectivity index (χ2n) is 5.45. The molecule has 10 heteroatoms. The number of thiazole rings is 1. The molecule has 1 amide bonds. The molecule has 1 aliphatic rings. The van der Waals surface area contributed by atoms with Crippen molar-refractivity contribution in [3.05, 3.63) is 18.2 Å². The lowest BCUT2D eigenvalue weighted by molar-refractivity contribution is -0.132. The van der Waals surface area contributed by atoms with Gasteiger partial charge in [0.05, 0.1) is 40.6 Å². The van der Waals surface area contributed by atoms with Crippen LogP contribution in [0.4, 0.5) is 5.69 Å². The number of nitrogens with one attached hydrogen (secondary N) is 1. The summed E-state index contributed by atoms with van der Waals surface area (Å²) >= 11 is 2.86. The number of hydrogen-bond donors (Lipinski definition) is 1. The molecule has 0 atom stereocenters. The van der Waals surface area contributed by atoms with Gasteiger partial charge in [-0.15, -0.1) is 11.3 Å². The number of anilines is 1. The van der Waals surface area contributed by atoms with Crippen molar-refractivity contribution < 1.29 is 17.9 Å². The highest BCUT2D eigenvalue weighted by atomic mass is 32.2. The molecule has 2 heterocycles. The number of sulfonamides is 1. The van der Waals surface area contributed by atoms with Crippen LogP contribution in [0.2, 0.25) is 0 Å². The largest absolute Gasteiger partial charge is 0.378 e. The third-order valence-electron chi connectivity index (χ3n) is 3.71. The molecule has 25 heavy (non-hydrogen) atoms. The number of benzene rings is 1. The molecule has 7 nitrogen and oxygen atoms in total. The molecular formula is C15H19N3O4S3. The zero-order valence-corrected chi connectivity index (χ0v) is 16.2. The maximum atomic E-state index is 12.2. The molecule has 1 N–H and O–H groups in total. The summed E-state index contributed by atoms with van der Waals surface area (Å²) in [5.74, 6) is 0.456. The molecule has 1 aliphatic heterocycles. The molecule has 1 fully saturated rings. The summed E-state index contributed by atoms with van der Waals surface area (Å²) in [5.41, 5.74) is 1.32. The van der Waals surface area contributed by atoms with E-state index < -0.39 is 10.0 Å². The smallest absolute Gasteiger partial charge is 0.233 e. The molecule has 2 aromatic rings. The van der Waals surface area contributed by atoms with Gasteiger partial charge in [0.15, 0.2) is 4.34 Å². The van der Waals surface area contributed by atoms with Crippen molar-refractivity contribution in [2.24, 2.45) is 0 Å². The molecule has 0 bridgehead atoms. The number of carbonyl (C=O) groups is 1. The number of amides is 1. The number of carbonyl (C=O) groups excluding carboxylic acids is 1. The summed E-state index contributed by atoms with van der Waals surface area (Å²) in [5, 5.41) is 0. The number of morpholine rings is 1. The van der Waals surface area contributed by atoms with Gasteiger partial charge in [0.2, 0.25) is 15.9 Å². The van der Waals surface area contributed by atoms with Crippen molar-refractivity contribution in [1.29, 1.82) is 0 Å². The van der Waals surface area contributed by atoms with Crippen LogP contribution in [0.15, 0.2) is 22.5 Å². The Morgan fingerprint density at radius 3 is 2.88 bits per heavy atom. The Morgan fingerprint density at radius 2 is 2.16 bits per heavy atom. The lowest BCUT2D eigenvalue weighted by Gasteiger charge is -2.26. The Morgan fingerprint density at radius 1 is 1.40 bits per heavy atom. The van der Waals surface area contributed by atoms with Gasteiger partial charge in [0.25, 0.3) is 0 Å². The number of hydrogen-bond acceptors (Lipinski definition) is 7. The Hall–Kier alpha value is -1.36. The van der Waals surface area contributed by atoms with Crippen LogP contribution in [0.1, 0.15) is 6.92 Å². The highest BCUT2D eigenvalue weighted by Crippen LogP contribution is 2.31. The van der Waals surface area contributed by atoms with Crippen LogP contribution in [0, 0.1) is 0 Å². The SMILES string of the molecule is CCS(=O)(=O)Nc1ccc2nc(SCC(=O)N3CCOCC3)sc2c1. The molecular weight excluding hydrogens is 382 g/mol. The molecule has 0 spiro atoms. The minimum atomic E-state index is -3.30. The third kappa shape index (κ3) is 4.84. The second kappa shape index (κ2) is 7.90. The standard InChI is InChI=1S/C15H19N3O4S3/c1-2-25(20,21)17-11-3-4-12-13(9-11)24-15(16-12)23-10-14(19)18-5-7-22-8-6-18/h3-4,9,17H,2,5-8,10H2,1H3. The number of fused-ring (bicyclic) bond motifs is 1. The topological polar surface area (TPSA) is 88.6 Å². The van der Waals surface area contributed by atoms with E-state index in [2.05, 4.69) is 9.71 Å². The second-order valence-corrected chi connectivity index (χ2v) is 9.71. The molecule has 1 aromatic carbocycles. The van der Waals surface area contributed by atoms with E-state index in [0.29, 0.717) is 37.7 Å². The van der Waals surface area contributed by atoms with E-state index in [1.165, 1.54) is 23.1 Å². The zero-order valence-electron chi connectivity index (χ0n) is 13.7. The number of aromatic nitrogens is 1. The first kappa shape index (κ1) is 18.4. The lowest BCUT2D eigenvalue weighted by Crippen LogP contribution is -2.41. The predicted octanol–water partition coefficient (Wildman–Crippen LogP) is 2.01. The molecule has 3 rings (SSSR count). The van der Waals surface area contributed by atoms with Gasteiger partial charge in [-0.2, -0.15) is 0 Å².